The number of rotatable bonds is 6. The molecule has 0 bridgehead atoms. The van der Waals surface area contributed by atoms with Crippen molar-refractivity contribution in [3.8, 4) is 0 Å². The molecule has 1 heterocycles. The number of guanidine groups is 1. The van der Waals surface area contributed by atoms with Crippen molar-refractivity contribution in [3.63, 3.8) is 0 Å². The van der Waals surface area contributed by atoms with Crippen LogP contribution in [0, 0.1) is 0 Å². The summed E-state index contributed by atoms with van der Waals surface area (Å²) in [4.78, 5) is 6.86. The fraction of sp³-hybridized carbons (Fsp3) is 0.933. The van der Waals surface area contributed by atoms with Crippen molar-refractivity contribution in [1.82, 2.24) is 15.5 Å². The molecule has 0 aromatic carbocycles. The van der Waals surface area contributed by atoms with Crippen LogP contribution in [0.4, 0.5) is 0 Å². The number of nitrogens with zero attached hydrogens (tertiary/aromatic N) is 2. The molecule has 0 aromatic heterocycles. The highest BCUT2D eigenvalue weighted by atomic mass is 32.2. The minimum absolute atomic E-state index is 0.238. The first kappa shape index (κ1) is 17.6. The molecule has 0 radical (unpaired) electrons. The second-order valence-electron chi connectivity index (χ2n) is 6.07. The van der Waals surface area contributed by atoms with Crippen LogP contribution in [0.1, 0.15) is 39.5 Å². The van der Waals surface area contributed by atoms with E-state index in [1.807, 2.05) is 18.8 Å². The lowest BCUT2D eigenvalue weighted by atomic mass is 10.2. The van der Waals surface area contributed by atoms with E-state index in [4.69, 9.17) is 0 Å². The Hall–Kier alpha value is -0.420. The molecule has 1 saturated heterocycles. The Morgan fingerprint density at radius 3 is 2.35 bits per heavy atom. The number of thioether (sulfide) groups is 1. The number of likely N-dealkylation sites (tertiary alicyclic amines) is 1. The fourth-order valence-corrected chi connectivity index (χ4v) is 2.50. The predicted molar refractivity (Wildman–Crippen MR) is 91.9 cm³/mol. The smallest absolute Gasteiger partial charge is 0.191 e. The molecular weight excluding hydrogens is 268 g/mol. The first-order valence-electron chi connectivity index (χ1n) is 7.79. The van der Waals surface area contributed by atoms with Crippen molar-refractivity contribution >= 4 is 17.7 Å². The zero-order valence-electron chi connectivity index (χ0n) is 13.7. The van der Waals surface area contributed by atoms with Crippen molar-refractivity contribution < 1.29 is 0 Å². The van der Waals surface area contributed by atoms with E-state index in [1.54, 1.807) is 0 Å². The average Bonchev–Trinajstić information content (AvgIpc) is 2.71. The zero-order valence-corrected chi connectivity index (χ0v) is 14.5. The van der Waals surface area contributed by atoms with E-state index in [9.17, 15) is 0 Å². The van der Waals surface area contributed by atoms with E-state index >= 15 is 0 Å². The van der Waals surface area contributed by atoms with Crippen molar-refractivity contribution in [2.24, 2.45) is 4.99 Å². The van der Waals surface area contributed by atoms with E-state index < -0.39 is 0 Å². The van der Waals surface area contributed by atoms with Crippen LogP contribution in [-0.2, 0) is 0 Å². The van der Waals surface area contributed by atoms with Gasteiger partial charge in [-0.2, -0.15) is 11.8 Å². The van der Waals surface area contributed by atoms with Gasteiger partial charge in [0.1, 0.15) is 0 Å². The van der Waals surface area contributed by atoms with Crippen LogP contribution in [-0.4, -0.2) is 61.6 Å². The number of aliphatic imine (C=N–C) groups is 1. The Bertz CT molecular complexity index is 284. The molecule has 0 unspecified atom stereocenters. The summed E-state index contributed by atoms with van der Waals surface area (Å²) in [5, 5.41) is 6.83. The standard InChI is InChI=1S/C15H32N4S/c1-15(2,20-4)13-18-14(16-3)17-9-12-19-10-7-5-6-8-11-19/h5-13H2,1-4H3,(H2,16,17,18). The summed E-state index contributed by atoms with van der Waals surface area (Å²) < 4.78 is 0.238. The number of hydrogen-bond donors (Lipinski definition) is 2. The zero-order chi connectivity index (χ0) is 14.8. The van der Waals surface area contributed by atoms with Crippen LogP contribution < -0.4 is 10.6 Å². The molecule has 1 rings (SSSR count). The molecule has 0 amide bonds. The lowest BCUT2D eigenvalue weighted by Crippen LogP contribution is -2.45. The molecule has 0 aliphatic carbocycles. The summed E-state index contributed by atoms with van der Waals surface area (Å²) in [7, 11) is 1.84. The minimum atomic E-state index is 0.238. The highest BCUT2D eigenvalue weighted by Gasteiger charge is 2.16. The lowest BCUT2D eigenvalue weighted by molar-refractivity contribution is 0.289. The van der Waals surface area contributed by atoms with Crippen LogP contribution in [0.25, 0.3) is 0 Å². The first-order chi connectivity index (χ1) is 9.57. The Morgan fingerprint density at radius 1 is 1.15 bits per heavy atom. The van der Waals surface area contributed by atoms with Crippen molar-refractivity contribution in [3.05, 3.63) is 0 Å². The van der Waals surface area contributed by atoms with E-state index in [1.165, 1.54) is 38.8 Å². The van der Waals surface area contributed by atoms with Crippen LogP contribution in [0.5, 0.6) is 0 Å². The summed E-state index contributed by atoms with van der Waals surface area (Å²) in [5.74, 6) is 0.918. The van der Waals surface area contributed by atoms with Gasteiger partial charge >= 0.3 is 0 Å². The summed E-state index contributed by atoms with van der Waals surface area (Å²) in [6.07, 6.45) is 7.66. The van der Waals surface area contributed by atoms with Crippen molar-refractivity contribution in [2.75, 3.05) is 46.0 Å². The molecule has 5 heteroatoms. The Balaban J connectivity index is 2.21. The molecule has 1 fully saturated rings. The quantitative estimate of drug-likeness (QED) is 0.582. The van der Waals surface area contributed by atoms with E-state index in [0.717, 1.165) is 25.6 Å². The van der Waals surface area contributed by atoms with Gasteiger partial charge in [0.25, 0.3) is 0 Å². The van der Waals surface area contributed by atoms with Crippen LogP contribution in [0.3, 0.4) is 0 Å². The lowest BCUT2D eigenvalue weighted by Gasteiger charge is -2.24. The maximum Gasteiger partial charge on any atom is 0.191 e. The topological polar surface area (TPSA) is 39.7 Å². The maximum atomic E-state index is 4.29. The van der Waals surface area contributed by atoms with Gasteiger partial charge in [0.05, 0.1) is 0 Å². The predicted octanol–water partition coefficient (Wildman–Crippen LogP) is 2.17. The summed E-state index contributed by atoms with van der Waals surface area (Å²) in [5.41, 5.74) is 0. The largest absolute Gasteiger partial charge is 0.355 e. The molecule has 20 heavy (non-hydrogen) atoms. The Labute approximate surface area is 129 Å². The van der Waals surface area contributed by atoms with Gasteiger partial charge in [-0.15, -0.1) is 0 Å². The van der Waals surface area contributed by atoms with Crippen molar-refractivity contribution in [2.45, 2.75) is 44.3 Å². The average molecular weight is 301 g/mol. The molecule has 0 saturated carbocycles. The van der Waals surface area contributed by atoms with Crippen LogP contribution in [0.2, 0.25) is 0 Å². The second kappa shape index (κ2) is 9.50. The van der Waals surface area contributed by atoms with Gasteiger partial charge in [-0.1, -0.05) is 12.8 Å². The first-order valence-corrected chi connectivity index (χ1v) is 9.02. The molecule has 0 atom stereocenters. The third-order valence-electron chi connectivity index (χ3n) is 3.88. The monoisotopic (exact) mass is 300 g/mol. The van der Waals surface area contributed by atoms with Gasteiger partial charge in [-0.05, 0) is 46.0 Å². The van der Waals surface area contributed by atoms with Gasteiger partial charge in [0.2, 0.25) is 0 Å². The molecule has 2 N–H and O–H groups in total. The van der Waals surface area contributed by atoms with Gasteiger partial charge in [-0.3, -0.25) is 4.99 Å². The van der Waals surface area contributed by atoms with E-state index in [0.29, 0.717) is 0 Å². The van der Waals surface area contributed by atoms with Gasteiger partial charge in [-0.25, -0.2) is 0 Å². The molecule has 4 nitrogen and oxygen atoms in total. The Morgan fingerprint density at radius 2 is 1.80 bits per heavy atom. The van der Waals surface area contributed by atoms with Crippen molar-refractivity contribution in [1.29, 1.82) is 0 Å². The van der Waals surface area contributed by atoms with Crippen LogP contribution >= 0.6 is 11.8 Å². The van der Waals surface area contributed by atoms with Gasteiger partial charge in [0, 0.05) is 31.4 Å². The molecule has 1 aliphatic heterocycles. The second-order valence-corrected chi connectivity index (χ2v) is 7.59. The van der Waals surface area contributed by atoms with Gasteiger partial charge < -0.3 is 15.5 Å². The minimum Gasteiger partial charge on any atom is -0.355 e. The fourth-order valence-electron chi connectivity index (χ4n) is 2.28. The third kappa shape index (κ3) is 7.39. The summed E-state index contributed by atoms with van der Waals surface area (Å²) in [6, 6.07) is 0. The van der Waals surface area contributed by atoms with E-state index in [-0.39, 0.29) is 4.75 Å². The summed E-state index contributed by atoms with van der Waals surface area (Å²) >= 11 is 1.87. The number of nitrogens with one attached hydrogen (secondary N) is 2. The molecule has 1 aliphatic rings. The highest BCUT2D eigenvalue weighted by molar-refractivity contribution is 7.99. The SMILES string of the molecule is CN=C(NCCN1CCCCCC1)NCC(C)(C)SC. The molecule has 0 spiro atoms. The Kier molecular flexibility index (Phi) is 8.38. The number of hydrogen-bond acceptors (Lipinski definition) is 3. The normalized spacial score (nSPS) is 18.7. The highest BCUT2D eigenvalue weighted by Crippen LogP contribution is 2.19. The molecular formula is C15H32N4S. The third-order valence-corrected chi connectivity index (χ3v) is 5.13. The van der Waals surface area contributed by atoms with E-state index in [2.05, 4.69) is 40.6 Å². The molecule has 118 valence electrons. The molecule has 0 aromatic rings. The van der Waals surface area contributed by atoms with Gasteiger partial charge in [0.15, 0.2) is 5.96 Å². The maximum absolute atomic E-state index is 4.29. The van der Waals surface area contributed by atoms with Crippen LogP contribution in [0.15, 0.2) is 4.99 Å². The summed E-state index contributed by atoms with van der Waals surface area (Å²) in [6.45, 7) is 10.0.